The quantitative estimate of drug-likeness (QED) is 0.464. The van der Waals surface area contributed by atoms with Gasteiger partial charge in [-0.15, -0.1) is 0 Å². The summed E-state index contributed by atoms with van der Waals surface area (Å²) in [5, 5.41) is 0. The summed E-state index contributed by atoms with van der Waals surface area (Å²) in [5.74, 6) is 4.38. The molecule has 1 nitrogen and oxygen atoms in total. The molecular weight excluding hydrogens is 359 g/mol. The highest BCUT2D eigenvalue weighted by molar-refractivity contribution is 5.95. The van der Waals surface area contributed by atoms with Crippen LogP contribution in [-0.4, -0.2) is 12.0 Å². The Balaban J connectivity index is 1.51. The van der Waals surface area contributed by atoms with E-state index in [0.717, 1.165) is 36.0 Å². The van der Waals surface area contributed by atoms with Crippen LogP contribution >= 0.6 is 0 Å². The molecular formula is C27H43FO. The van der Waals surface area contributed by atoms with Crippen LogP contribution in [-0.2, 0) is 4.79 Å². The molecule has 0 saturated heterocycles. The van der Waals surface area contributed by atoms with Crippen molar-refractivity contribution in [3.8, 4) is 0 Å². The zero-order valence-electron chi connectivity index (χ0n) is 19.5. The summed E-state index contributed by atoms with van der Waals surface area (Å²) in [6.45, 7) is 12.1. The number of fused-ring (bicyclic) bond motifs is 5. The van der Waals surface area contributed by atoms with Crippen LogP contribution in [0, 0.1) is 46.3 Å². The van der Waals surface area contributed by atoms with E-state index in [1.807, 2.05) is 0 Å². The molecule has 0 aromatic rings. The largest absolute Gasteiger partial charge is 0.292 e. The SMILES string of the molecule is CC(C)CCC[C@@H](C)[C@H]1CC[C@H]2[C@@H]3CCC4=CC(=O)C(F)C[C@]4(C)[C@H]3CC[C@]12C. The molecule has 3 fully saturated rings. The maximum absolute atomic E-state index is 14.4. The van der Waals surface area contributed by atoms with Gasteiger partial charge in [-0.2, -0.15) is 0 Å². The van der Waals surface area contributed by atoms with Gasteiger partial charge in [0, 0.05) is 0 Å². The molecule has 0 heterocycles. The molecule has 4 rings (SSSR count). The van der Waals surface area contributed by atoms with E-state index in [1.54, 1.807) is 6.08 Å². The predicted molar refractivity (Wildman–Crippen MR) is 118 cm³/mol. The number of carbonyl (C=O) groups excluding carboxylic acids is 1. The van der Waals surface area contributed by atoms with E-state index in [-0.39, 0.29) is 11.2 Å². The van der Waals surface area contributed by atoms with Crippen molar-refractivity contribution in [2.45, 2.75) is 105 Å². The summed E-state index contributed by atoms with van der Waals surface area (Å²) >= 11 is 0. The van der Waals surface area contributed by atoms with Crippen LogP contribution in [0.15, 0.2) is 11.6 Å². The Morgan fingerprint density at radius 2 is 1.83 bits per heavy atom. The molecule has 0 aromatic heterocycles. The highest BCUT2D eigenvalue weighted by Crippen LogP contribution is 2.67. The Morgan fingerprint density at radius 1 is 1.07 bits per heavy atom. The van der Waals surface area contributed by atoms with Crippen molar-refractivity contribution in [1.29, 1.82) is 0 Å². The maximum Gasteiger partial charge on any atom is 0.189 e. The molecule has 0 spiro atoms. The lowest BCUT2D eigenvalue weighted by Crippen LogP contribution is -2.52. The summed E-state index contributed by atoms with van der Waals surface area (Å²) in [6, 6.07) is 0. The van der Waals surface area contributed by atoms with Crippen molar-refractivity contribution < 1.29 is 9.18 Å². The molecule has 0 amide bonds. The zero-order valence-corrected chi connectivity index (χ0v) is 19.5. The van der Waals surface area contributed by atoms with Gasteiger partial charge < -0.3 is 0 Å². The second-order valence-corrected chi connectivity index (χ2v) is 12.1. The van der Waals surface area contributed by atoms with E-state index in [9.17, 15) is 9.18 Å². The Bertz CT molecular complexity index is 665. The van der Waals surface area contributed by atoms with E-state index >= 15 is 0 Å². The van der Waals surface area contributed by atoms with Gasteiger partial charge in [-0.25, -0.2) is 4.39 Å². The third-order valence-corrected chi connectivity index (χ3v) is 10.2. The van der Waals surface area contributed by atoms with E-state index in [4.69, 9.17) is 0 Å². The number of carbonyl (C=O) groups is 1. The topological polar surface area (TPSA) is 17.1 Å². The number of allylic oxidation sites excluding steroid dienone is 1. The Hall–Kier alpha value is -0.660. The molecule has 2 heteroatoms. The molecule has 29 heavy (non-hydrogen) atoms. The number of alkyl halides is 1. The molecule has 0 N–H and O–H groups in total. The lowest BCUT2D eigenvalue weighted by atomic mass is 9.46. The van der Waals surface area contributed by atoms with Crippen molar-refractivity contribution >= 4 is 5.78 Å². The number of hydrogen-bond donors (Lipinski definition) is 0. The van der Waals surface area contributed by atoms with Gasteiger partial charge >= 0.3 is 0 Å². The van der Waals surface area contributed by atoms with Gasteiger partial charge in [0.05, 0.1) is 0 Å². The standard InChI is InChI=1S/C27H43FO/c1-17(2)7-6-8-18(3)21-11-12-22-20-10-9-19-15-25(29)24(28)16-27(19,5)23(20)13-14-26(21,22)4/h15,17-18,20-24H,6-14,16H2,1-5H3/t18-,20+,21-,22+,23+,24?,26-,27+/m1/s1. The first kappa shape index (κ1) is 21.6. The lowest BCUT2D eigenvalue weighted by Gasteiger charge is -2.58. The minimum Gasteiger partial charge on any atom is -0.292 e. The molecule has 4 aliphatic rings. The first-order chi connectivity index (χ1) is 13.7. The molecule has 4 aliphatic carbocycles. The predicted octanol–water partition coefficient (Wildman–Crippen LogP) is 7.54. The van der Waals surface area contributed by atoms with Gasteiger partial charge in [0.2, 0.25) is 0 Å². The molecule has 0 radical (unpaired) electrons. The second-order valence-electron chi connectivity index (χ2n) is 12.1. The van der Waals surface area contributed by atoms with Crippen LogP contribution in [0.1, 0.15) is 98.8 Å². The highest BCUT2D eigenvalue weighted by Gasteiger charge is 2.60. The van der Waals surface area contributed by atoms with Crippen molar-refractivity contribution in [1.82, 2.24) is 0 Å². The normalized spacial score (nSPS) is 45.4. The number of hydrogen-bond acceptors (Lipinski definition) is 1. The van der Waals surface area contributed by atoms with Crippen LogP contribution in [0.2, 0.25) is 0 Å². The fraction of sp³-hybridized carbons (Fsp3) is 0.889. The summed E-state index contributed by atoms with van der Waals surface area (Å²) in [5.41, 5.74) is 1.69. The first-order valence-electron chi connectivity index (χ1n) is 12.6. The summed E-state index contributed by atoms with van der Waals surface area (Å²) in [4.78, 5) is 12.0. The van der Waals surface area contributed by atoms with Gasteiger partial charge in [-0.3, -0.25) is 4.79 Å². The monoisotopic (exact) mass is 402 g/mol. The van der Waals surface area contributed by atoms with Crippen molar-refractivity contribution in [3.05, 3.63) is 11.6 Å². The average Bonchev–Trinajstić information content (AvgIpc) is 3.00. The fourth-order valence-corrected chi connectivity index (χ4v) is 8.61. The summed E-state index contributed by atoms with van der Waals surface area (Å²) in [7, 11) is 0. The molecule has 0 aromatic carbocycles. The van der Waals surface area contributed by atoms with E-state index < -0.39 is 6.17 Å². The number of halogens is 1. The third-order valence-electron chi connectivity index (χ3n) is 10.2. The molecule has 0 aliphatic heterocycles. The second kappa shape index (κ2) is 7.79. The zero-order chi connectivity index (χ0) is 21.0. The van der Waals surface area contributed by atoms with Crippen LogP contribution in [0.3, 0.4) is 0 Å². The molecule has 1 unspecified atom stereocenters. The van der Waals surface area contributed by atoms with Crippen molar-refractivity contribution in [2.75, 3.05) is 0 Å². The minimum absolute atomic E-state index is 0.0709. The average molecular weight is 403 g/mol. The summed E-state index contributed by atoms with van der Waals surface area (Å²) in [6.07, 6.45) is 12.6. The summed E-state index contributed by atoms with van der Waals surface area (Å²) < 4.78 is 14.4. The van der Waals surface area contributed by atoms with Crippen molar-refractivity contribution in [2.24, 2.45) is 46.3 Å². The van der Waals surface area contributed by atoms with E-state index in [2.05, 4.69) is 34.6 Å². The number of ketones is 1. The smallest absolute Gasteiger partial charge is 0.189 e. The maximum atomic E-state index is 14.4. The molecule has 0 bridgehead atoms. The van der Waals surface area contributed by atoms with Crippen LogP contribution < -0.4 is 0 Å². The van der Waals surface area contributed by atoms with Crippen LogP contribution in [0.25, 0.3) is 0 Å². The lowest BCUT2D eigenvalue weighted by molar-refractivity contribution is -0.124. The van der Waals surface area contributed by atoms with Gasteiger partial charge in [0.15, 0.2) is 12.0 Å². The Kier molecular flexibility index (Phi) is 5.79. The molecule has 164 valence electrons. The minimum atomic E-state index is -1.27. The van der Waals surface area contributed by atoms with E-state index in [0.29, 0.717) is 17.8 Å². The van der Waals surface area contributed by atoms with Crippen molar-refractivity contribution in [3.63, 3.8) is 0 Å². The van der Waals surface area contributed by atoms with Crippen LogP contribution in [0.4, 0.5) is 4.39 Å². The van der Waals surface area contributed by atoms with Gasteiger partial charge in [0.25, 0.3) is 0 Å². The number of rotatable bonds is 5. The molecule has 8 atom stereocenters. The highest BCUT2D eigenvalue weighted by atomic mass is 19.1. The van der Waals surface area contributed by atoms with Gasteiger partial charge in [-0.05, 0) is 97.4 Å². The Morgan fingerprint density at radius 3 is 2.55 bits per heavy atom. The third kappa shape index (κ3) is 3.55. The first-order valence-corrected chi connectivity index (χ1v) is 12.6. The molecule has 3 saturated carbocycles. The van der Waals surface area contributed by atoms with Gasteiger partial charge in [0.1, 0.15) is 0 Å². The van der Waals surface area contributed by atoms with Crippen LogP contribution in [0.5, 0.6) is 0 Å². The Labute approximate surface area is 178 Å². The fourth-order valence-electron chi connectivity index (χ4n) is 8.61. The van der Waals surface area contributed by atoms with E-state index in [1.165, 1.54) is 56.9 Å². The van der Waals surface area contributed by atoms with Gasteiger partial charge in [-0.1, -0.05) is 59.5 Å².